The second-order valence-corrected chi connectivity index (χ2v) is 4.06. The van der Waals surface area contributed by atoms with E-state index in [1.807, 2.05) is 6.07 Å². The van der Waals surface area contributed by atoms with Crippen LogP contribution < -0.4 is 4.57 Å². The van der Waals surface area contributed by atoms with E-state index in [1.165, 1.54) is 11.4 Å². The van der Waals surface area contributed by atoms with Gasteiger partial charge in [-0.25, -0.2) is 9.13 Å². The molecular weight excluding hydrogens is 259 g/mol. The van der Waals surface area contributed by atoms with Gasteiger partial charge in [0.2, 0.25) is 0 Å². The molecule has 0 aliphatic rings. The minimum Gasteiger partial charge on any atom is -0.418 e. The van der Waals surface area contributed by atoms with Gasteiger partial charge in [0.25, 0.3) is 5.82 Å². The van der Waals surface area contributed by atoms with Crippen molar-refractivity contribution in [1.29, 1.82) is 0 Å². The summed E-state index contributed by atoms with van der Waals surface area (Å²) < 4.78 is 43.4. The van der Waals surface area contributed by atoms with Gasteiger partial charge in [-0.15, -0.1) is 0 Å². The molecule has 1 heterocycles. The summed E-state index contributed by atoms with van der Waals surface area (Å²) in [6.45, 7) is 3.08. The summed E-state index contributed by atoms with van der Waals surface area (Å²) in [4.78, 5) is 0. The fourth-order valence-corrected chi connectivity index (χ4v) is 1.55. The van der Waals surface area contributed by atoms with Crippen LogP contribution in [0.15, 0.2) is 42.7 Å². The number of nitrogens with zero attached hydrogens (tertiary/aromatic N) is 2. The molecule has 0 fully saturated rings. The van der Waals surface area contributed by atoms with Crippen molar-refractivity contribution >= 4 is 7.25 Å². The van der Waals surface area contributed by atoms with Crippen molar-refractivity contribution in [2.75, 3.05) is 0 Å². The fourth-order valence-electron chi connectivity index (χ4n) is 1.55. The predicted molar refractivity (Wildman–Crippen MR) is 66.1 cm³/mol. The summed E-state index contributed by atoms with van der Waals surface area (Å²) in [6.07, 6.45) is 4.20. The third kappa shape index (κ3) is 6.08. The summed E-state index contributed by atoms with van der Waals surface area (Å²) in [5, 5.41) is 0. The molecule has 19 heavy (non-hydrogen) atoms. The third-order valence-corrected chi connectivity index (χ3v) is 2.59. The largest absolute Gasteiger partial charge is 0.673 e. The Labute approximate surface area is 109 Å². The lowest BCUT2D eigenvalue weighted by Crippen LogP contribution is -2.29. The van der Waals surface area contributed by atoms with Crippen molar-refractivity contribution in [2.45, 2.75) is 13.5 Å². The molecule has 0 atom stereocenters. The molecule has 1 aromatic heterocycles. The Balaban J connectivity index is 0.000000312. The maximum atomic E-state index is 9.75. The lowest BCUT2D eigenvalue weighted by atomic mass is 10.2. The highest BCUT2D eigenvalue weighted by molar-refractivity contribution is 6.50. The Kier molecular flexibility index (Phi) is 5.15. The Morgan fingerprint density at radius 2 is 1.63 bits per heavy atom. The number of imidazole rings is 1. The van der Waals surface area contributed by atoms with Crippen LogP contribution in [-0.4, -0.2) is 11.8 Å². The average Bonchev–Trinajstić information content (AvgIpc) is 2.60. The Bertz CT molecular complexity index is 502. The molecule has 0 bridgehead atoms. The first-order valence-corrected chi connectivity index (χ1v) is 5.70. The van der Waals surface area contributed by atoms with Gasteiger partial charge in [0.1, 0.15) is 18.9 Å². The van der Waals surface area contributed by atoms with Crippen molar-refractivity contribution < 1.29 is 21.8 Å². The second-order valence-electron chi connectivity index (χ2n) is 4.06. The number of aryl methyl sites for hydroxylation is 1. The molecule has 0 aliphatic carbocycles. The normalized spacial score (nSPS) is 10.8. The molecule has 0 saturated heterocycles. The number of hydrogen-bond donors (Lipinski definition) is 0. The molecule has 2 aromatic rings. The van der Waals surface area contributed by atoms with Gasteiger partial charge in [-0.3, -0.25) is 0 Å². The van der Waals surface area contributed by atoms with Crippen molar-refractivity contribution in [2.24, 2.45) is 7.05 Å². The number of halogens is 4. The van der Waals surface area contributed by atoms with E-state index in [2.05, 4.69) is 59.8 Å². The first-order chi connectivity index (χ1) is 8.77. The maximum absolute atomic E-state index is 9.75. The summed E-state index contributed by atoms with van der Waals surface area (Å²) in [5.74, 6) is 1.27. The highest BCUT2D eigenvalue weighted by atomic mass is 19.5. The van der Waals surface area contributed by atoms with E-state index < -0.39 is 7.25 Å². The van der Waals surface area contributed by atoms with E-state index in [1.54, 1.807) is 0 Å². The van der Waals surface area contributed by atoms with Crippen molar-refractivity contribution in [3.63, 3.8) is 0 Å². The smallest absolute Gasteiger partial charge is 0.418 e. The van der Waals surface area contributed by atoms with Gasteiger partial charge in [-0.1, -0.05) is 30.3 Å². The van der Waals surface area contributed by atoms with Crippen molar-refractivity contribution in [1.82, 2.24) is 4.57 Å². The quantitative estimate of drug-likeness (QED) is 0.452. The van der Waals surface area contributed by atoms with Crippen molar-refractivity contribution in [3.05, 3.63) is 54.1 Å². The molecule has 2 rings (SSSR count). The van der Waals surface area contributed by atoms with Gasteiger partial charge >= 0.3 is 7.25 Å². The minimum absolute atomic E-state index is 0.952. The number of rotatable bonds is 2. The lowest BCUT2D eigenvalue weighted by Gasteiger charge is -1.98. The van der Waals surface area contributed by atoms with Gasteiger partial charge in [0, 0.05) is 6.92 Å². The Morgan fingerprint density at radius 1 is 1.11 bits per heavy atom. The van der Waals surface area contributed by atoms with Gasteiger partial charge in [0.05, 0.1) is 7.05 Å². The number of aromatic nitrogens is 2. The zero-order chi connectivity index (χ0) is 14.5. The van der Waals surface area contributed by atoms with Gasteiger partial charge in [-0.05, 0) is 5.56 Å². The molecule has 104 valence electrons. The predicted octanol–water partition coefficient (Wildman–Crippen LogP) is 2.97. The molecule has 0 unspecified atom stereocenters. The fraction of sp³-hybridized carbons (Fsp3) is 0.250. The zero-order valence-electron chi connectivity index (χ0n) is 10.7. The first kappa shape index (κ1) is 15.3. The standard InChI is InChI=1S/C12H15N2.BF4/c1-11-13(2)8-9-14(11)10-12-6-4-3-5-7-12;2-1(3,4)5/h3-9H,10H2,1-2H3;/q+1;-1. The van der Waals surface area contributed by atoms with Crippen LogP contribution in [0.5, 0.6) is 0 Å². The van der Waals surface area contributed by atoms with Crippen LogP contribution in [0, 0.1) is 6.92 Å². The highest BCUT2D eigenvalue weighted by Crippen LogP contribution is 2.06. The zero-order valence-corrected chi connectivity index (χ0v) is 10.7. The summed E-state index contributed by atoms with van der Waals surface area (Å²) in [5.41, 5.74) is 1.34. The maximum Gasteiger partial charge on any atom is 0.673 e. The lowest BCUT2D eigenvalue weighted by molar-refractivity contribution is -0.677. The minimum atomic E-state index is -6.00. The van der Waals surface area contributed by atoms with Crippen LogP contribution in [-0.2, 0) is 13.6 Å². The SMILES string of the molecule is Cc1n(Cc2ccccc2)cc[n+]1C.F[B-](F)(F)F. The van der Waals surface area contributed by atoms with Gasteiger partial charge in [-0.2, -0.15) is 0 Å². The van der Waals surface area contributed by atoms with E-state index >= 15 is 0 Å². The van der Waals surface area contributed by atoms with Crippen LogP contribution in [0.3, 0.4) is 0 Å². The summed E-state index contributed by atoms with van der Waals surface area (Å²) >= 11 is 0. The molecule has 7 heteroatoms. The monoisotopic (exact) mass is 274 g/mol. The Morgan fingerprint density at radius 3 is 2.05 bits per heavy atom. The first-order valence-electron chi connectivity index (χ1n) is 5.70. The van der Waals surface area contributed by atoms with E-state index in [-0.39, 0.29) is 0 Å². The van der Waals surface area contributed by atoms with Crippen LogP contribution in [0.25, 0.3) is 0 Å². The summed E-state index contributed by atoms with van der Waals surface area (Å²) in [6, 6.07) is 10.5. The van der Waals surface area contributed by atoms with Crippen LogP contribution in [0.4, 0.5) is 17.3 Å². The third-order valence-electron chi connectivity index (χ3n) is 2.59. The Hall–Kier alpha value is -1.79. The van der Waals surface area contributed by atoms with E-state index in [4.69, 9.17) is 0 Å². The molecule has 0 spiro atoms. The molecule has 0 radical (unpaired) electrons. The van der Waals surface area contributed by atoms with E-state index in [0.29, 0.717) is 0 Å². The second kappa shape index (κ2) is 6.40. The molecule has 0 amide bonds. The van der Waals surface area contributed by atoms with Crippen LogP contribution in [0.2, 0.25) is 0 Å². The topological polar surface area (TPSA) is 8.81 Å². The van der Waals surface area contributed by atoms with E-state index in [9.17, 15) is 17.3 Å². The van der Waals surface area contributed by atoms with Gasteiger partial charge in [0.15, 0.2) is 0 Å². The van der Waals surface area contributed by atoms with Crippen LogP contribution >= 0.6 is 0 Å². The van der Waals surface area contributed by atoms with E-state index in [0.717, 1.165) is 6.54 Å². The number of hydrogen-bond acceptors (Lipinski definition) is 0. The molecule has 1 aromatic carbocycles. The molecule has 2 nitrogen and oxygen atoms in total. The average molecular weight is 274 g/mol. The van der Waals surface area contributed by atoms with Crippen LogP contribution in [0.1, 0.15) is 11.4 Å². The van der Waals surface area contributed by atoms with Gasteiger partial charge < -0.3 is 17.3 Å². The molecule has 0 aliphatic heterocycles. The van der Waals surface area contributed by atoms with Crippen molar-refractivity contribution in [3.8, 4) is 0 Å². The summed E-state index contributed by atoms with van der Waals surface area (Å²) in [7, 11) is -3.93. The molecule has 0 saturated carbocycles. The molecular formula is C12H15BF4N2. The highest BCUT2D eigenvalue weighted by Gasteiger charge is 2.20. The number of benzene rings is 1. The molecule has 0 N–H and O–H groups in total.